The number of hydrogen-bond donors (Lipinski definition) is 2. The predicted octanol–water partition coefficient (Wildman–Crippen LogP) is 3.36. The molecule has 0 saturated carbocycles. The summed E-state index contributed by atoms with van der Waals surface area (Å²) in [5, 5.41) is 14.6. The number of anilines is 1. The smallest absolute Gasteiger partial charge is 0.251 e. The van der Waals surface area contributed by atoms with Gasteiger partial charge in [-0.05, 0) is 29.8 Å². The summed E-state index contributed by atoms with van der Waals surface area (Å²) in [5.74, 6) is 1.19. The molecule has 0 spiro atoms. The van der Waals surface area contributed by atoms with E-state index in [9.17, 15) is 4.79 Å². The second-order valence-electron chi connectivity index (χ2n) is 6.99. The van der Waals surface area contributed by atoms with Crippen molar-refractivity contribution in [2.24, 2.45) is 7.05 Å². The molecule has 0 aliphatic carbocycles. The lowest BCUT2D eigenvalue weighted by molar-refractivity contribution is 0.0951. The Labute approximate surface area is 185 Å². The molecular formula is C23H20N8O. The van der Waals surface area contributed by atoms with Gasteiger partial charge < -0.3 is 15.2 Å². The molecule has 0 aliphatic heterocycles. The van der Waals surface area contributed by atoms with Crippen LogP contribution < -0.4 is 10.6 Å². The summed E-state index contributed by atoms with van der Waals surface area (Å²) >= 11 is 0. The lowest BCUT2D eigenvalue weighted by Crippen LogP contribution is -2.22. The minimum atomic E-state index is -0.188. The van der Waals surface area contributed by atoms with Gasteiger partial charge in [-0.15, -0.1) is 10.2 Å². The third-order valence-corrected chi connectivity index (χ3v) is 4.84. The van der Waals surface area contributed by atoms with E-state index in [0.717, 1.165) is 17.1 Å². The average Bonchev–Trinajstić information content (AvgIpc) is 3.22. The quantitative estimate of drug-likeness (QED) is 0.441. The number of benzene rings is 2. The van der Waals surface area contributed by atoms with E-state index in [0.29, 0.717) is 35.9 Å². The van der Waals surface area contributed by atoms with Crippen LogP contribution in [-0.2, 0) is 20.1 Å². The van der Waals surface area contributed by atoms with Crippen LogP contribution in [0.25, 0.3) is 16.4 Å². The molecule has 32 heavy (non-hydrogen) atoms. The first-order valence-electron chi connectivity index (χ1n) is 9.87. The molecule has 2 heterocycles. The van der Waals surface area contributed by atoms with Gasteiger partial charge in [0.25, 0.3) is 5.91 Å². The van der Waals surface area contributed by atoms with Crippen molar-refractivity contribution in [3.63, 3.8) is 0 Å². The predicted molar refractivity (Wildman–Crippen MR) is 120 cm³/mol. The second-order valence-corrected chi connectivity index (χ2v) is 6.99. The molecule has 4 rings (SSSR count). The van der Waals surface area contributed by atoms with Gasteiger partial charge in [0.2, 0.25) is 0 Å². The van der Waals surface area contributed by atoms with Crippen LogP contribution in [0.2, 0.25) is 0 Å². The van der Waals surface area contributed by atoms with Crippen LogP contribution in [0.1, 0.15) is 21.7 Å². The van der Waals surface area contributed by atoms with Crippen molar-refractivity contribution in [2.45, 2.75) is 13.1 Å². The van der Waals surface area contributed by atoms with Crippen molar-refractivity contribution in [3.05, 3.63) is 95.5 Å². The number of carbonyl (C=O) groups is 1. The normalized spacial score (nSPS) is 10.4. The van der Waals surface area contributed by atoms with E-state index in [1.165, 1.54) is 6.33 Å². The highest BCUT2D eigenvalue weighted by Gasteiger charge is 2.12. The van der Waals surface area contributed by atoms with Gasteiger partial charge in [-0.2, -0.15) is 0 Å². The van der Waals surface area contributed by atoms with Crippen LogP contribution in [-0.4, -0.2) is 30.6 Å². The van der Waals surface area contributed by atoms with E-state index in [4.69, 9.17) is 6.57 Å². The minimum absolute atomic E-state index is 0.188. The number of amides is 1. The molecule has 0 bridgehead atoms. The first-order chi connectivity index (χ1) is 15.6. The topological polar surface area (TPSA) is 102 Å². The Balaban J connectivity index is 1.39. The molecule has 0 saturated heterocycles. The van der Waals surface area contributed by atoms with E-state index in [1.54, 1.807) is 36.5 Å². The zero-order valence-corrected chi connectivity index (χ0v) is 17.4. The molecule has 0 fully saturated rings. The van der Waals surface area contributed by atoms with Crippen LogP contribution in [0.5, 0.6) is 0 Å². The van der Waals surface area contributed by atoms with Gasteiger partial charge in [0, 0.05) is 31.0 Å². The number of nitrogens with one attached hydrogen (secondary N) is 2. The molecule has 9 heteroatoms. The van der Waals surface area contributed by atoms with Gasteiger partial charge in [-0.1, -0.05) is 30.3 Å². The Morgan fingerprint density at radius 1 is 1.09 bits per heavy atom. The molecule has 2 aromatic heterocycles. The third-order valence-electron chi connectivity index (χ3n) is 4.84. The molecule has 9 nitrogen and oxygen atoms in total. The number of nitrogens with zero attached hydrogens (tertiary/aromatic N) is 6. The second kappa shape index (κ2) is 9.49. The van der Waals surface area contributed by atoms with Gasteiger partial charge in [-0.25, -0.2) is 14.8 Å². The third kappa shape index (κ3) is 4.76. The van der Waals surface area contributed by atoms with Crippen molar-refractivity contribution < 1.29 is 4.79 Å². The zero-order valence-electron chi connectivity index (χ0n) is 17.4. The van der Waals surface area contributed by atoms with Crippen molar-refractivity contribution in [2.75, 3.05) is 5.32 Å². The van der Waals surface area contributed by atoms with Crippen LogP contribution >= 0.6 is 0 Å². The number of carbonyl (C=O) groups excluding carboxylic acids is 1. The zero-order chi connectivity index (χ0) is 22.3. The number of aromatic nitrogens is 5. The summed E-state index contributed by atoms with van der Waals surface area (Å²) in [6, 6.07) is 16.2. The first kappa shape index (κ1) is 20.7. The summed E-state index contributed by atoms with van der Waals surface area (Å²) in [5.41, 5.74) is 3.45. The van der Waals surface area contributed by atoms with Crippen LogP contribution in [0.3, 0.4) is 0 Å². The fourth-order valence-electron chi connectivity index (χ4n) is 3.13. The monoisotopic (exact) mass is 424 g/mol. The summed E-state index contributed by atoms with van der Waals surface area (Å²) in [4.78, 5) is 24.1. The molecule has 0 atom stereocenters. The molecule has 1 amide bonds. The van der Waals surface area contributed by atoms with Gasteiger partial charge in [0.1, 0.15) is 12.0 Å². The van der Waals surface area contributed by atoms with Crippen molar-refractivity contribution in [3.8, 4) is 11.5 Å². The molecule has 0 radical (unpaired) electrons. The van der Waals surface area contributed by atoms with Crippen molar-refractivity contribution >= 4 is 17.3 Å². The van der Waals surface area contributed by atoms with Crippen LogP contribution in [0.4, 0.5) is 11.4 Å². The lowest BCUT2D eigenvalue weighted by atomic mass is 10.1. The first-order valence-corrected chi connectivity index (χ1v) is 9.87. The van der Waals surface area contributed by atoms with Crippen LogP contribution in [0.15, 0.2) is 67.1 Å². The Bertz CT molecular complexity index is 1280. The van der Waals surface area contributed by atoms with Gasteiger partial charge >= 0.3 is 0 Å². The maximum Gasteiger partial charge on any atom is 0.251 e. The summed E-state index contributed by atoms with van der Waals surface area (Å²) in [6.07, 6.45) is 3.13. The van der Waals surface area contributed by atoms with E-state index >= 15 is 0 Å². The molecule has 4 aromatic rings. The average molecular weight is 424 g/mol. The highest BCUT2D eigenvalue weighted by atomic mass is 16.1. The maximum atomic E-state index is 12.6. The SMILES string of the molecule is [C-]#[N+]c1cccc(CNC(=O)c2cccc(NCc3nnc(-c4ccncn4)n3C)c2)c1. The van der Waals surface area contributed by atoms with Crippen molar-refractivity contribution in [1.82, 2.24) is 30.0 Å². The molecule has 0 aliphatic rings. The maximum absolute atomic E-state index is 12.6. The molecule has 0 unspecified atom stereocenters. The Hall–Kier alpha value is -4.58. The fourth-order valence-corrected chi connectivity index (χ4v) is 3.13. The Morgan fingerprint density at radius 2 is 1.97 bits per heavy atom. The summed E-state index contributed by atoms with van der Waals surface area (Å²) in [7, 11) is 1.88. The largest absolute Gasteiger partial charge is 0.378 e. The van der Waals surface area contributed by atoms with E-state index in [2.05, 4.69) is 35.6 Å². The summed E-state index contributed by atoms with van der Waals surface area (Å²) in [6.45, 7) is 7.88. The summed E-state index contributed by atoms with van der Waals surface area (Å²) < 4.78 is 1.86. The Morgan fingerprint density at radius 3 is 2.78 bits per heavy atom. The standard InChI is InChI=1S/C23H20N8O/c1-24-18-7-3-5-16(11-18)13-27-23(32)17-6-4-8-19(12-17)26-14-21-29-30-22(31(21)2)20-9-10-25-15-28-20/h3-12,15,26H,13-14H2,2H3,(H,27,32). The highest BCUT2D eigenvalue weighted by Crippen LogP contribution is 2.16. The number of rotatable bonds is 7. The van der Waals surface area contributed by atoms with Gasteiger partial charge in [0.15, 0.2) is 17.3 Å². The number of hydrogen-bond acceptors (Lipinski definition) is 6. The highest BCUT2D eigenvalue weighted by molar-refractivity contribution is 5.95. The molecular weight excluding hydrogens is 404 g/mol. The van der Waals surface area contributed by atoms with Crippen molar-refractivity contribution in [1.29, 1.82) is 0 Å². The van der Waals surface area contributed by atoms with E-state index in [-0.39, 0.29) is 5.91 Å². The lowest BCUT2D eigenvalue weighted by Gasteiger charge is -2.10. The van der Waals surface area contributed by atoms with E-state index < -0.39 is 0 Å². The molecule has 2 N–H and O–H groups in total. The Kier molecular flexibility index (Phi) is 6.13. The van der Waals surface area contributed by atoms with E-state index in [1.807, 2.05) is 35.9 Å². The van der Waals surface area contributed by atoms with Gasteiger partial charge in [0.05, 0.1) is 13.1 Å². The van der Waals surface area contributed by atoms with Gasteiger partial charge in [-0.3, -0.25) is 4.79 Å². The minimum Gasteiger partial charge on any atom is -0.378 e. The molecule has 158 valence electrons. The van der Waals surface area contributed by atoms with Crippen LogP contribution in [0, 0.1) is 6.57 Å². The fraction of sp³-hybridized carbons (Fsp3) is 0.130. The molecule has 2 aromatic carbocycles.